The molecular weight excluding hydrogens is 838 g/mol. The zero-order chi connectivity index (χ0) is 45.5. The van der Waals surface area contributed by atoms with Crippen molar-refractivity contribution in [2.24, 2.45) is 34.5 Å². The number of amides is 1. The standard InChI is InChI=1S/C49H64ClN5O9/c1-8-31-24-49(31,46(59)60-7)25-39(56)38-21-33(26-55(38)45(58)35(48(4,5)6)22-42(57)64-32-19-29-18-30(29)20-32)63-41-23-36(37-27-62-47(53-37)51-28(2)3)52-44-34(41)12-13-40(43(44)50)61-17-16-54-14-10-9-11-15-54/h8,12-13,23,27-33,35,38H,1,9-11,14-22,24-26H2,2-7H3,(H,51,53)/t29-,30+,31-,32?,33-,35-,38+,49-/m1/s1. The number of Topliss-reactive ketones (excluding diaryl/α,β-unsaturated/α-hetero) is 1. The largest absolute Gasteiger partial charge is 0.491 e. The number of likely N-dealkylation sites (tertiary alicyclic amines) is 2. The highest BCUT2D eigenvalue weighted by molar-refractivity contribution is 6.36. The van der Waals surface area contributed by atoms with Crippen LogP contribution in [0.3, 0.4) is 0 Å². The number of aromatic nitrogens is 2. The molecule has 8 atom stereocenters. The Morgan fingerprint density at radius 3 is 2.44 bits per heavy atom. The number of carbonyl (C=O) groups excluding carboxylic acids is 4. The summed E-state index contributed by atoms with van der Waals surface area (Å²) >= 11 is 7.13. The summed E-state index contributed by atoms with van der Waals surface area (Å²) in [7, 11) is 1.31. The number of nitrogens with one attached hydrogen (secondary N) is 1. The Bertz CT molecular complexity index is 2240. The molecular formula is C49H64ClN5O9. The molecule has 15 heteroatoms. The molecule has 0 radical (unpaired) electrons. The van der Waals surface area contributed by atoms with Crippen LogP contribution < -0.4 is 14.8 Å². The van der Waals surface area contributed by atoms with Crippen LogP contribution in [0.4, 0.5) is 6.01 Å². The molecule has 0 spiro atoms. The third-order valence-corrected chi connectivity index (χ3v) is 14.4. The van der Waals surface area contributed by atoms with E-state index in [0.29, 0.717) is 69.7 Å². The Morgan fingerprint density at radius 1 is 1.02 bits per heavy atom. The minimum absolute atomic E-state index is 0.0515. The van der Waals surface area contributed by atoms with Crippen molar-refractivity contribution >= 4 is 52.1 Å². The van der Waals surface area contributed by atoms with Crippen LogP contribution >= 0.6 is 11.6 Å². The van der Waals surface area contributed by atoms with Gasteiger partial charge in [0.05, 0.1) is 48.7 Å². The van der Waals surface area contributed by atoms with E-state index in [9.17, 15) is 19.2 Å². The number of pyridine rings is 1. The number of piperidine rings is 1. The van der Waals surface area contributed by atoms with Crippen LogP contribution in [0.2, 0.25) is 5.02 Å². The number of rotatable bonds is 18. The lowest BCUT2D eigenvalue weighted by Gasteiger charge is -2.35. The first kappa shape index (κ1) is 45.9. The van der Waals surface area contributed by atoms with Crippen molar-refractivity contribution in [3.05, 3.63) is 42.1 Å². The Labute approximate surface area is 381 Å². The zero-order valence-corrected chi connectivity index (χ0v) is 38.9. The summed E-state index contributed by atoms with van der Waals surface area (Å²) in [6, 6.07) is 4.90. The number of hydrogen-bond donors (Lipinski definition) is 1. The van der Waals surface area contributed by atoms with Crippen molar-refractivity contribution in [2.75, 3.05) is 45.2 Å². The normalized spacial score (nSPS) is 26.9. The molecule has 1 aromatic carbocycles. The number of anilines is 1. The lowest BCUT2D eigenvalue weighted by atomic mass is 9.77. The molecule has 0 bridgehead atoms. The second-order valence-electron chi connectivity index (χ2n) is 20.1. The van der Waals surface area contributed by atoms with Gasteiger partial charge in [-0.3, -0.25) is 24.1 Å². The first-order chi connectivity index (χ1) is 30.6. The fraction of sp³-hybridized carbons (Fsp3) is 0.633. The molecule has 3 aromatic rings. The van der Waals surface area contributed by atoms with Crippen LogP contribution in [0.1, 0.15) is 98.8 Å². The van der Waals surface area contributed by atoms with Crippen molar-refractivity contribution in [3.8, 4) is 22.9 Å². The number of oxazole rings is 1. The van der Waals surface area contributed by atoms with Gasteiger partial charge in [0.2, 0.25) is 5.91 Å². The van der Waals surface area contributed by atoms with Gasteiger partial charge in [-0.05, 0) is 101 Å². The molecule has 2 saturated heterocycles. The first-order valence-corrected chi connectivity index (χ1v) is 23.6. The van der Waals surface area contributed by atoms with Crippen molar-refractivity contribution in [3.63, 3.8) is 0 Å². The maximum atomic E-state index is 15.0. The zero-order valence-electron chi connectivity index (χ0n) is 38.2. The van der Waals surface area contributed by atoms with E-state index in [0.717, 1.165) is 32.5 Å². The molecule has 2 aromatic heterocycles. The van der Waals surface area contributed by atoms with E-state index in [1.807, 2.05) is 46.8 Å². The minimum atomic E-state index is -1.04. The average Bonchev–Trinajstić information content (AvgIpc) is 3.92. The number of allylic oxidation sites excluding steroid dienone is 1. The topological polar surface area (TPSA) is 163 Å². The number of methoxy groups -OCH3 is 1. The predicted molar refractivity (Wildman–Crippen MR) is 242 cm³/mol. The Morgan fingerprint density at radius 2 is 1.77 bits per heavy atom. The predicted octanol–water partition coefficient (Wildman–Crippen LogP) is 8.30. The van der Waals surface area contributed by atoms with Crippen molar-refractivity contribution in [2.45, 2.75) is 123 Å². The van der Waals surface area contributed by atoms with Crippen LogP contribution in [0, 0.1) is 34.5 Å². The molecule has 5 aliphatic rings. The number of ketones is 1. The van der Waals surface area contributed by atoms with Gasteiger partial charge in [0, 0.05) is 36.9 Å². The number of benzene rings is 1. The smallest absolute Gasteiger partial charge is 0.312 e. The van der Waals surface area contributed by atoms with Crippen molar-refractivity contribution in [1.82, 2.24) is 19.8 Å². The van der Waals surface area contributed by atoms with Gasteiger partial charge in [-0.15, -0.1) is 6.58 Å². The summed E-state index contributed by atoms with van der Waals surface area (Å²) in [6.07, 6.45) is 9.29. The van der Waals surface area contributed by atoms with E-state index in [1.54, 1.807) is 17.0 Å². The molecule has 2 aliphatic heterocycles. The van der Waals surface area contributed by atoms with E-state index < -0.39 is 40.8 Å². The quantitative estimate of drug-likeness (QED) is 0.0960. The number of esters is 2. The number of nitrogens with zero attached hydrogens (tertiary/aromatic N) is 4. The number of hydrogen-bond acceptors (Lipinski definition) is 13. The van der Waals surface area contributed by atoms with Crippen LogP contribution in [0.25, 0.3) is 22.3 Å². The fourth-order valence-electron chi connectivity index (χ4n) is 10.2. The number of halogens is 1. The first-order valence-electron chi connectivity index (χ1n) is 23.2. The fourth-order valence-corrected chi connectivity index (χ4v) is 10.5. The van der Waals surface area contributed by atoms with Gasteiger partial charge >= 0.3 is 11.9 Å². The van der Waals surface area contributed by atoms with Crippen LogP contribution in [-0.2, 0) is 28.7 Å². The molecule has 1 amide bonds. The Balaban J connectivity index is 1.10. The molecule has 4 heterocycles. The summed E-state index contributed by atoms with van der Waals surface area (Å²) in [5.74, 6) is -0.344. The van der Waals surface area contributed by atoms with Crippen LogP contribution in [0.5, 0.6) is 11.5 Å². The summed E-state index contributed by atoms with van der Waals surface area (Å²) in [5.41, 5.74) is -0.386. The van der Waals surface area contributed by atoms with Crippen LogP contribution in [-0.4, -0.2) is 108 Å². The number of ether oxygens (including phenoxy) is 4. The molecule has 1 unspecified atom stereocenters. The van der Waals surface area contributed by atoms with Gasteiger partial charge < -0.3 is 33.6 Å². The highest BCUT2D eigenvalue weighted by Crippen LogP contribution is 2.57. The van der Waals surface area contributed by atoms with E-state index >= 15 is 0 Å². The monoisotopic (exact) mass is 901 g/mol. The van der Waals surface area contributed by atoms with Gasteiger partial charge in [-0.25, -0.2) is 4.98 Å². The van der Waals surface area contributed by atoms with Crippen LogP contribution in [0.15, 0.2) is 41.5 Å². The molecule has 3 saturated carbocycles. The molecule has 3 aliphatic carbocycles. The molecule has 5 fully saturated rings. The van der Waals surface area contributed by atoms with Gasteiger partial charge in [-0.1, -0.05) is 44.9 Å². The third-order valence-electron chi connectivity index (χ3n) is 14.1. The second-order valence-corrected chi connectivity index (χ2v) is 20.5. The lowest BCUT2D eigenvalue weighted by molar-refractivity contribution is -0.157. The van der Waals surface area contributed by atoms with Gasteiger partial charge in [0.15, 0.2) is 5.78 Å². The highest BCUT2D eigenvalue weighted by atomic mass is 35.5. The second kappa shape index (κ2) is 18.7. The van der Waals surface area contributed by atoms with E-state index in [2.05, 4.69) is 21.8 Å². The number of carbonyl (C=O) groups is 4. The summed E-state index contributed by atoms with van der Waals surface area (Å²) in [4.78, 5) is 69.8. The SMILES string of the molecule is C=C[C@@H]1C[C@]1(CC(=O)[C@@H]1C[C@@H](Oc2cc(-c3coc(NC(C)C)n3)nc3c(Cl)c(OCCN4CCCCC4)ccc23)CN1C(=O)[C@@H](CC(=O)OC1C[C@@H]2C[C@@H]2C1)C(C)(C)C)C(=O)OC. The molecule has 64 heavy (non-hydrogen) atoms. The summed E-state index contributed by atoms with van der Waals surface area (Å²) in [6.45, 7) is 17.0. The maximum Gasteiger partial charge on any atom is 0.312 e. The van der Waals surface area contributed by atoms with E-state index in [4.69, 9.17) is 39.9 Å². The average molecular weight is 903 g/mol. The summed E-state index contributed by atoms with van der Waals surface area (Å²) in [5, 5.41) is 4.09. The van der Waals surface area contributed by atoms with E-state index in [1.165, 1.54) is 39.1 Å². The maximum absolute atomic E-state index is 15.0. The molecule has 8 rings (SSSR count). The van der Waals surface area contributed by atoms with Crippen molar-refractivity contribution < 1.29 is 42.5 Å². The highest BCUT2D eigenvalue weighted by Gasteiger charge is 2.61. The molecule has 1 N–H and O–H groups in total. The summed E-state index contributed by atoms with van der Waals surface area (Å²) < 4.78 is 30.0. The minimum Gasteiger partial charge on any atom is -0.491 e. The van der Waals surface area contributed by atoms with Gasteiger partial charge in [-0.2, -0.15) is 4.98 Å². The lowest BCUT2D eigenvalue weighted by Crippen LogP contribution is -2.48. The van der Waals surface area contributed by atoms with Gasteiger partial charge in [0.25, 0.3) is 6.01 Å². The number of fused-ring (bicyclic) bond motifs is 2. The third kappa shape index (κ3) is 9.93. The van der Waals surface area contributed by atoms with E-state index in [-0.39, 0.29) is 55.6 Å². The molecule has 14 nitrogen and oxygen atoms in total. The Hall–Kier alpha value is -4.69. The van der Waals surface area contributed by atoms with Crippen molar-refractivity contribution in [1.29, 1.82) is 0 Å². The molecule has 346 valence electrons. The van der Waals surface area contributed by atoms with Gasteiger partial charge in [0.1, 0.15) is 47.3 Å². The Kier molecular flexibility index (Phi) is 13.4.